The van der Waals surface area contributed by atoms with Crippen LogP contribution in [0.25, 0.3) is 0 Å². The van der Waals surface area contributed by atoms with E-state index < -0.39 is 0 Å². The Balaban J connectivity index is 2.09. The van der Waals surface area contributed by atoms with Gasteiger partial charge < -0.3 is 4.90 Å². The molecule has 0 radical (unpaired) electrons. The number of hydrogen-bond acceptors (Lipinski definition) is 3. The Morgan fingerprint density at radius 3 is 2.65 bits per heavy atom. The molecule has 2 rings (SSSR count). The molecule has 1 aromatic rings. The number of nitrogens with zero attached hydrogens (tertiary/aromatic N) is 2. The van der Waals surface area contributed by atoms with Gasteiger partial charge in [0.05, 0.1) is 11.1 Å². The summed E-state index contributed by atoms with van der Waals surface area (Å²) in [5.74, 6) is 0.0612. The van der Waals surface area contributed by atoms with Crippen LogP contribution in [0.2, 0.25) is 10.0 Å². The average Bonchev–Trinajstić information content (AvgIpc) is 2.87. The molecule has 1 aromatic carbocycles. The summed E-state index contributed by atoms with van der Waals surface area (Å²) in [5, 5.41) is 0.978. The van der Waals surface area contributed by atoms with Gasteiger partial charge in [0.15, 0.2) is 5.78 Å². The van der Waals surface area contributed by atoms with E-state index in [-0.39, 0.29) is 11.8 Å². The SMILES string of the molecule is CC(C(=O)c1ccc(Cl)cc1Cl)N1CCC(N(C)C)C1. The van der Waals surface area contributed by atoms with Gasteiger partial charge >= 0.3 is 0 Å². The maximum absolute atomic E-state index is 12.6. The minimum atomic E-state index is -0.154. The number of carbonyl (C=O) groups is 1. The van der Waals surface area contributed by atoms with Crippen molar-refractivity contribution in [3.63, 3.8) is 0 Å². The molecule has 1 aliphatic heterocycles. The molecule has 0 bridgehead atoms. The summed E-state index contributed by atoms with van der Waals surface area (Å²) in [4.78, 5) is 17.0. The first-order chi connectivity index (χ1) is 9.40. The Labute approximate surface area is 130 Å². The maximum atomic E-state index is 12.6. The quantitative estimate of drug-likeness (QED) is 0.797. The van der Waals surface area contributed by atoms with Crippen molar-refractivity contribution in [2.75, 3.05) is 27.2 Å². The number of halogens is 2. The van der Waals surface area contributed by atoms with Crippen LogP contribution in [-0.2, 0) is 0 Å². The molecule has 0 spiro atoms. The van der Waals surface area contributed by atoms with Gasteiger partial charge in [-0.05, 0) is 45.6 Å². The van der Waals surface area contributed by atoms with Crippen molar-refractivity contribution in [1.82, 2.24) is 9.80 Å². The fourth-order valence-corrected chi connectivity index (χ4v) is 3.12. The second kappa shape index (κ2) is 6.44. The lowest BCUT2D eigenvalue weighted by Crippen LogP contribution is -2.40. The molecule has 0 N–H and O–H groups in total. The number of Topliss-reactive ketones (excluding diaryl/α,β-unsaturated/α-hetero) is 1. The second-order valence-electron chi connectivity index (χ2n) is 5.57. The van der Waals surface area contributed by atoms with Crippen molar-refractivity contribution in [3.8, 4) is 0 Å². The predicted octanol–water partition coefficient (Wildman–Crippen LogP) is 3.20. The fourth-order valence-electron chi connectivity index (χ4n) is 2.62. The van der Waals surface area contributed by atoms with E-state index in [9.17, 15) is 4.79 Å². The van der Waals surface area contributed by atoms with Crippen LogP contribution in [-0.4, -0.2) is 54.9 Å². The number of likely N-dealkylation sites (N-methyl/N-ethyl adjacent to an activating group) is 1. The number of rotatable bonds is 4. The molecule has 0 amide bonds. The van der Waals surface area contributed by atoms with Gasteiger partial charge in [0.2, 0.25) is 0 Å². The minimum absolute atomic E-state index is 0.0612. The summed E-state index contributed by atoms with van der Waals surface area (Å²) < 4.78 is 0. The smallest absolute Gasteiger partial charge is 0.181 e. The van der Waals surface area contributed by atoms with Gasteiger partial charge in [0.25, 0.3) is 0 Å². The molecule has 20 heavy (non-hydrogen) atoms. The van der Waals surface area contributed by atoms with E-state index in [2.05, 4.69) is 23.9 Å². The molecule has 110 valence electrons. The summed E-state index contributed by atoms with van der Waals surface area (Å²) in [6, 6.07) is 5.41. The van der Waals surface area contributed by atoms with Gasteiger partial charge in [0.1, 0.15) is 0 Å². The van der Waals surface area contributed by atoms with E-state index in [0.29, 0.717) is 21.7 Å². The lowest BCUT2D eigenvalue weighted by Gasteiger charge is -2.25. The Morgan fingerprint density at radius 2 is 2.10 bits per heavy atom. The van der Waals surface area contributed by atoms with Crippen molar-refractivity contribution < 1.29 is 4.79 Å². The van der Waals surface area contributed by atoms with Gasteiger partial charge in [-0.15, -0.1) is 0 Å². The molecule has 1 aliphatic rings. The van der Waals surface area contributed by atoms with E-state index in [0.717, 1.165) is 19.5 Å². The molecule has 1 saturated heterocycles. The topological polar surface area (TPSA) is 23.6 Å². The first kappa shape index (κ1) is 15.8. The van der Waals surface area contributed by atoms with Crippen LogP contribution < -0.4 is 0 Å². The normalized spacial score (nSPS) is 21.4. The van der Waals surface area contributed by atoms with Crippen molar-refractivity contribution in [1.29, 1.82) is 0 Å². The molecule has 0 aromatic heterocycles. The van der Waals surface area contributed by atoms with Crippen LogP contribution in [0.5, 0.6) is 0 Å². The monoisotopic (exact) mass is 314 g/mol. The first-order valence-electron chi connectivity index (χ1n) is 6.80. The third-order valence-electron chi connectivity index (χ3n) is 4.05. The van der Waals surface area contributed by atoms with Gasteiger partial charge in [0, 0.05) is 29.7 Å². The highest BCUT2D eigenvalue weighted by molar-refractivity contribution is 6.37. The third-order valence-corrected chi connectivity index (χ3v) is 4.60. The highest BCUT2D eigenvalue weighted by Crippen LogP contribution is 2.24. The lowest BCUT2D eigenvalue weighted by atomic mass is 10.0. The summed E-state index contributed by atoms with van der Waals surface area (Å²) >= 11 is 12.0. The summed E-state index contributed by atoms with van der Waals surface area (Å²) in [7, 11) is 4.16. The van der Waals surface area contributed by atoms with E-state index in [1.165, 1.54) is 0 Å². The molecule has 1 heterocycles. The summed E-state index contributed by atoms with van der Waals surface area (Å²) in [5.41, 5.74) is 0.553. The summed E-state index contributed by atoms with van der Waals surface area (Å²) in [6.07, 6.45) is 1.10. The number of hydrogen-bond donors (Lipinski definition) is 0. The lowest BCUT2D eigenvalue weighted by molar-refractivity contribution is 0.0859. The van der Waals surface area contributed by atoms with E-state index in [1.807, 2.05) is 6.92 Å². The Bertz CT molecular complexity index is 505. The van der Waals surface area contributed by atoms with Gasteiger partial charge in [-0.25, -0.2) is 0 Å². The van der Waals surface area contributed by atoms with Crippen molar-refractivity contribution in [3.05, 3.63) is 33.8 Å². The molecule has 0 aliphatic carbocycles. The zero-order chi connectivity index (χ0) is 14.9. The number of likely N-dealkylation sites (tertiary alicyclic amines) is 1. The Kier molecular flexibility index (Phi) is 5.08. The third kappa shape index (κ3) is 3.34. The van der Waals surface area contributed by atoms with Crippen LogP contribution in [0, 0.1) is 0 Å². The van der Waals surface area contributed by atoms with Crippen molar-refractivity contribution in [2.24, 2.45) is 0 Å². The van der Waals surface area contributed by atoms with Crippen LogP contribution in [0.15, 0.2) is 18.2 Å². The molecule has 5 heteroatoms. The molecule has 0 saturated carbocycles. The molecule has 2 atom stereocenters. The van der Waals surface area contributed by atoms with Crippen LogP contribution in [0.4, 0.5) is 0 Å². The number of carbonyl (C=O) groups excluding carboxylic acids is 1. The average molecular weight is 315 g/mol. The summed E-state index contributed by atoms with van der Waals surface area (Å²) in [6.45, 7) is 3.82. The highest BCUT2D eigenvalue weighted by atomic mass is 35.5. The van der Waals surface area contributed by atoms with Crippen LogP contribution in [0.1, 0.15) is 23.7 Å². The molecule has 1 fully saturated rings. The van der Waals surface area contributed by atoms with Gasteiger partial charge in [-0.3, -0.25) is 9.69 Å². The van der Waals surface area contributed by atoms with Crippen LogP contribution in [0.3, 0.4) is 0 Å². The molecular formula is C15H20Cl2N2O. The van der Waals surface area contributed by atoms with Gasteiger partial charge in [-0.2, -0.15) is 0 Å². The number of ketones is 1. The largest absolute Gasteiger partial charge is 0.305 e. The minimum Gasteiger partial charge on any atom is -0.305 e. The van der Waals surface area contributed by atoms with Crippen LogP contribution >= 0.6 is 23.2 Å². The zero-order valence-corrected chi connectivity index (χ0v) is 13.6. The zero-order valence-electron chi connectivity index (χ0n) is 12.1. The molecular weight excluding hydrogens is 295 g/mol. The Morgan fingerprint density at radius 1 is 1.40 bits per heavy atom. The van der Waals surface area contributed by atoms with E-state index in [4.69, 9.17) is 23.2 Å². The number of benzene rings is 1. The highest BCUT2D eigenvalue weighted by Gasteiger charge is 2.31. The van der Waals surface area contributed by atoms with E-state index in [1.54, 1.807) is 18.2 Å². The van der Waals surface area contributed by atoms with E-state index >= 15 is 0 Å². The van der Waals surface area contributed by atoms with Crippen molar-refractivity contribution in [2.45, 2.75) is 25.4 Å². The predicted molar refractivity (Wildman–Crippen MR) is 83.9 cm³/mol. The van der Waals surface area contributed by atoms with Gasteiger partial charge in [-0.1, -0.05) is 23.2 Å². The molecule has 3 nitrogen and oxygen atoms in total. The van der Waals surface area contributed by atoms with Crippen molar-refractivity contribution >= 4 is 29.0 Å². The molecule has 2 unspecified atom stereocenters. The Hall–Kier alpha value is -0.610. The fraction of sp³-hybridized carbons (Fsp3) is 0.533. The first-order valence-corrected chi connectivity index (χ1v) is 7.55. The maximum Gasteiger partial charge on any atom is 0.181 e. The second-order valence-corrected chi connectivity index (χ2v) is 6.41. The standard InChI is InChI=1S/C15H20Cl2N2O/c1-10(19-7-6-12(9-19)18(2)3)15(20)13-5-4-11(16)8-14(13)17/h4-5,8,10,12H,6-7,9H2,1-3H3.